The van der Waals surface area contributed by atoms with Gasteiger partial charge in [0.15, 0.2) is 0 Å². The van der Waals surface area contributed by atoms with Crippen molar-refractivity contribution >= 4 is 5.69 Å². The van der Waals surface area contributed by atoms with Gasteiger partial charge in [0.1, 0.15) is 0 Å². The highest BCUT2D eigenvalue weighted by Crippen LogP contribution is 2.20. The predicted molar refractivity (Wildman–Crippen MR) is 77.6 cm³/mol. The molecule has 0 aliphatic heterocycles. The zero-order valence-electron chi connectivity index (χ0n) is 11.3. The molecule has 2 aromatic rings. The average molecular weight is 271 g/mol. The number of rotatable bonds is 5. The fraction of sp³-hybridized carbons (Fsp3) is 0.250. The second kappa shape index (κ2) is 6.30. The number of nitro benzene ring substituents is 1. The molecule has 104 valence electrons. The average Bonchev–Trinajstić information content (AvgIpc) is 2.48. The number of nitrogens with zero attached hydrogens (tertiary/aromatic N) is 1. The first-order chi connectivity index (χ1) is 9.60. The molecular formula is C16H17NO3. The number of hydrogen-bond donors (Lipinski definition) is 1. The summed E-state index contributed by atoms with van der Waals surface area (Å²) in [6.45, 7) is 2.09. The molecule has 4 heteroatoms. The van der Waals surface area contributed by atoms with Gasteiger partial charge in [-0.3, -0.25) is 10.1 Å². The normalized spacial score (nSPS) is 12.1. The molecule has 2 rings (SSSR count). The highest BCUT2D eigenvalue weighted by atomic mass is 16.6. The molecule has 1 unspecified atom stereocenters. The van der Waals surface area contributed by atoms with Crippen LogP contribution in [-0.4, -0.2) is 10.0 Å². The molecule has 1 N–H and O–H groups in total. The molecular weight excluding hydrogens is 254 g/mol. The third kappa shape index (κ3) is 3.42. The summed E-state index contributed by atoms with van der Waals surface area (Å²) in [5, 5.41) is 20.8. The Morgan fingerprint density at radius 2 is 1.60 bits per heavy atom. The number of hydrogen-bond acceptors (Lipinski definition) is 3. The molecule has 0 fully saturated rings. The van der Waals surface area contributed by atoms with Gasteiger partial charge in [0.05, 0.1) is 11.0 Å². The van der Waals surface area contributed by atoms with Gasteiger partial charge in [0.25, 0.3) is 5.69 Å². The van der Waals surface area contributed by atoms with E-state index in [4.69, 9.17) is 0 Å². The van der Waals surface area contributed by atoms with E-state index in [2.05, 4.69) is 6.92 Å². The molecule has 4 nitrogen and oxygen atoms in total. The van der Waals surface area contributed by atoms with Gasteiger partial charge in [-0.1, -0.05) is 43.3 Å². The van der Waals surface area contributed by atoms with E-state index in [0.29, 0.717) is 6.42 Å². The van der Waals surface area contributed by atoms with Gasteiger partial charge in [-0.25, -0.2) is 0 Å². The molecule has 0 bridgehead atoms. The van der Waals surface area contributed by atoms with E-state index < -0.39 is 11.0 Å². The summed E-state index contributed by atoms with van der Waals surface area (Å²) in [6, 6.07) is 14.2. The minimum absolute atomic E-state index is 0.0653. The van der Waals surface area contributed by atoms with Crippen LogP contribution in [0.5, 0.6) is 0 Å². The van der Waals surface area contributed by atoms with Crippen molar-refractivity contribution in [2.45, 2.75) is 25.9 Å². The van der Waals surface area contributed by atoms with E-state index >= 15 is 0 Å². The van der Waals surface area contributed by atoms with Crippen LogP contribution in [0.4, 0.5) is 5.69 Å². The van der Waals surface area contributed by atoms with Crippen molar-refractivity contribution in [3.05, 3.63) is 75.3 Å². The van der Waals surface area contributed by atoms with Gasteiger partial charge in [-0.05, 0) is 23.1 Å². The lowest BCUT2D eigenvalue weighted by Crippen LogP contribution is -2.02. The minimum Gasteiger partial charge on any atom is -0.388 e. The van der Waals surface area contributed by atoms with Crippen molar-refractivity contribution in [1.82, 2.24) is 0 Å². The topological polar surface area (TPSA) is 63.4 Å². The maximum absolute atomic E-state index is 10.6. The van der Waals surface area contributed by atoms with Crippen LogP contribution >= 0.6 is 0 Å². The summed E-state index contributed by atoms with van der Waals surface area (Å²) in [6.07, 6.45) is 0.824. The summed E-state index contributed by atoms with van der Waals surface area (Å²) in [7, 11) is 0. The van der Waals surface area contributed by atoms with Crippen LogP contribution in [0, 0.1) is 10.1 Å². The summed E-state index contributed by atoms with van der Waals surface area (Å²) in [5.41, 5.74) is 3.04. The Morgan fingerprint density at radius 1 is 1.05 bits per heavy atom. The first kappa shape index (κ1) is 14.2. The number of nitro groups is 1. The molecule has 1 atom stereocenters. The molecule has 0 radical (unpaired) electrons. The third-order valence-electron chi connectivity index (χ3n) is 3.35. The van der Waals surface area contributed by atoms with E-state index in [9.17, 15) is 15.2 Å². The van der Waals surface area contributed by atoms with Crippen LogP contribution in [-0.2, 0) is 12.8 Å². The molecule has 0 aliphatic carbocycles. The summed E-state index contributed by atoms with van der Waals surface area (Å²) in [4.78, 5) is 10.1. The number of aliphatic hydroxyl groups excluding tert-OH is 1. The van der Waals surface area contributed by atoms with Crippen molar-refractivity contribution in [1.29, 1.82) is 0 Å². The number of aliphatic hydroxyl groups is 1. The first-order valence-electron chi connectivity index (χ1n) is 6.60. The second-order valence-corrected chi connectivity index (χ2v) is 4.74. The lowest BCUT2D eigenvalue weighted by atomic mass is 10.00. The van der Waals surface area contributed by atoms with Gasteiger partial charge in [0.2, 0.25) is 0 Å². The van der Waals surface area contributed by atoms with E-state index in [1.165, 1.54) is 17.7 Å². The molecule has 0 aliphatic rings. The van der Waals surface area contributed by atoms with Crippen LogP contribution < -0.4 is 0 Å². The van der Waals surface area contributed by atoms with Gasteiger partial charge in [-0.2, -0.15) is 0 Å². The Labute approximate surface area is 117 Å². The summed E-state index contributed by atoms with van der Waals surface area (Å²) < 4.78 is 0. The predicted octanol–water partition coefficient (Wildman–Crippen LogP) is 3.43. The molecule has 0 saturated heterocycles. The third-order valence-corrected chi connectivity index (χ3v) is 3.35. The molecule has 0 heterocycles. The summed E-state index contributed by atoms with van der Waals surface area (Å²) >= 11 is 0. The van der Waals surface area contributed by atoms with Crippen LogP contribution in [0.25, 0.3) is 0 Å². The Hall–Kier alpha value is -2.20. The molecule has 20 heavy (non-hydrogen) atoms. The van der Waals surface area contributed by atoms with Crippen molar-refractivity contribution < 1.29 is 10.0 Å². The van der Waals surface area contributed by atoms with E-state index in [-0.39, 0.29) is 5.69 Å². The lowest BCUT2D eigenvalue weighted by Gasteiger charge is -2.11. The highest BCUT2D eigenvalue weighted by Gasteiger charge is 2.10. The molecule has 0 spiro atoms. The Balaban J connectivity index is 2.06. The monoisotopic (exact) mass is 271 g/mol. The van der Waals surface area contributed by atoms with Crippen LogP contribution in [0.1, 0.15) is 29.7 Å². The fourth-order valence-electron chi connectivity index (χ4n) is 2.07. The van der Waals surface area contributed by atoms with Crippen LogP contribution in [0.15, 0.2) is 48.5 Å². The standard InChI is InChI=1S/C16H17NO3/c1-2-12-3-7-14(8-4-12)16(18)11-13-5-9-15(10-6-13)17(19)20/h3-10,16,18H,2,11H2,1H3. The molecule has 0 saturated carbocycles. The fourth-order valence-corrected chi connectivity index (χ4v) is 2.07. The first-order valence-corrected chi connectivity index (χ1v) is 6.60. The quantitative estimate of drug-likeness (QED) is 0.669. The second-order valence-electron chi connectivity index (χ2n) is 4.74. The highest BCUT2D eigenvalue weighted by molar-refractivity contribution is 5.34. The molecule has 0 amide bonds. The maximum Gasteiger partial charge on any atom is 0.269 e. The minimum atomic E-state index is -0.595. The van der Waals surface area contributed by atoms with Gasteiger partial charge in [-0.15, -0.1) is 0 Å². The number of aryl methyl sites for hydroxylation is 1. The Bertz CT molecular complexity index is 576. The SMILES string of the molecule is CCc1ccc(C(O)Cc2ccc([N+](=O)[O-])cc2)cc1. The van der Waals surface area contributed by atoms with E-state index in [1.807, 2.05) is 24.3 Å². The Kier molecular flexibility index (Phi) is 4.48. The van der Waals surface area contributed by atoms with Gasteiger partial charge >= 0.3 is 0 Å². The van der Waals surface area contributed by atoms with Crippen LogP contribution in [0.2, 0.25) is 0 Å². The largest absolute Gasteiger partial charge is 0.388 e. The van der Waals surface area contributed by atoms with Gasteiger partial charge in [0, 0.05) is 18.6 Å². The zero-order chi connectivity index (χ0) is 14.5. The van der Waals surface area contributed by atoms with Crippen molar-refractivity contribution in [3.8, 4) is 0 Å². The van der Waals surface area contributed by atoms with Crippen molar-refractivity contribution in [2.75, 3.05) is 0 Å². The van der Waals surface area contributed by atoms with Crippen molar-refractivity contribution in [2.24, 2.45) is 0 Å². The summed E-state index contributed by atoms with van der Waals surface area (Å²) in [5.74, 6) is 0. The van der Waals surface area contributed by atoms with E-state index in [0.717, 1.165) is 17.5 Å². The maximum atomic E-state index is 10.6. The Morgan fingerprint density at radius 3 is 2.10 bits per heavy atom. The smallest absolute Gasteiger partial charge is 0.269 e. The number of benzene rings is 2. The zero-order valence-corrected chi connectivity index (χ0v) is 11.3. The van der Waals surface area contributed by atoms with Crippen molar-refractivity contribution in [3.63, 3.8) is 0 Å². The lowest BCUT2D eigenvalue weighted by molar-refractivity contribution is -0.384. The van der Waals surface area contributed by atoms with Crippen LogP contribution in [0.3, 0.4) is 0 Å². The van der Waals surface area contributed by atoms with Gasteiger partial charge < -0.3 is 5.11 Å². The number of non-ortho nitro benzene ring substituents is 1. The van der Waals surface area contributed by atoms with E-state index in [1.54, 1.807) is 12.1 Å². The molecule has 0 aromatic heterocycles. The molecule has 2 aromatic carbocycles.